The molecule has 8 heteroatoms. The molecule has 1 fully saturated rings. The van der Waals surface area contributed by atoms with E-state index in [1.807, 2.05) is 36.4 Å². The minimum absolute atomic E-state index is 0.0814. The van der Waals surface area contributed by atoms with Crippen LogP contribution in [0.4, 0.5) is 0 Å². The molecule has 3 aromatic rings. The number of hydrogen-bond donors (Lipinski definition) is 2. The van der Waals surface area contributed by atoms with Gasteiger partial charge in [-0.2, -0.15) is 0 Å². The maximum absolute atomic E-state index is 13.7. The third-order valence-electron chi connectivity index (χ3n) is 6.33. The predicted octanol–water partition coefficient (Wildman–Crippen LogP) is 3.85. The molecule has 0 aliphatic heterocycles. The van der Waals surface area contributed by atoms with Crippen molar-refractivity contribution in [2.75, 3.05) is 13.7 Å². The Hall–Kier alpha value is -4.07. The molecule has 1 saturated carbocycles. The van der Waals surface area contributed by atoms with Crippen LogP contribution in [0.3, 0.4) is 0 Å². The van der Waals surface area contributed by atoms with Gasteiger partial charge in [0.1, 0.15) is 11.8 Å². The monoisotopic (exact) mass is 489 g/mol. The number of amides is 3. The number of carbonyl (C=O) groups excluding carboxylic acids is 3. The number of nitrogens with zero attached hydrogens (tertiary/aromatic N) is 1. The Labute approximate surface area is 210 Å². The third-order valence-corrected chi connectivity index (χ3v) is 6.33. The summed E-state index contributed by atoms with van der Waals surface area (Å²) >= 11 is 0. The Morgan fingerprint density at radius 2 is 1.81 bits per heavy atom. The van der Waals surface area contributed by atoms with Crippen molar-refractivity contribution >= 4 is 17.7 Å². The van der Waals surface area contributed by atoms with Gasteiger partial charge < -0.3 is 24.7 Å². The van der Waals surface area contributed by atoms with Crippen LogP contribution in [0.5, 0.6) is 5.75 Å². The Kier molecular flexibility index (Phi) is 8.39. The van der Waals surface area contributed by atoms with Crippen molar-refractivity contribution in [2.45, 2.75) is 44.3 Å². The molecule has 0 radical (unpaired) electrons. The molecule has 1 heterocycles. The van der Waals surface area contributed by atoms with Gasteiger partial charge in [0.05, 0.1) is 19.9 Å². The van der Waals surface area contributed by atoms with Crippen LogP contribution in [0.1, 0.15) is 53.4 Å². The fourth-order valence-electron chi connectivity index (χ4n) is 4.49. The summed E-state index contributed by atoms with van der Waals surface area (Å²) in [4.78, 5) is 41.2. The van der Waals surface area contributed by atoms with Crippen LogP contribution in [0.2, 0.25) is 0 Å². The molecule has 4 rings (SSSR count). The quantitative estimate of drug-likeness (QED) is 0.451. The van der Waals surface area contributed by atoms with Gasteiger partial charge in [0.15, 0.2) is 5.76 Å². The second-order valence-corrected chi connectivity index (χ2v) is 8.84. The van der Waals surface area contributed by atoms with E-state index >= 15 is 0 Å². The summed E-state index contributed by atoms with van der Waals surface area (Å²) in [5.74, 6) is -0.448. The van der Waals surface area contributed by atoms with Crippen LogP contribution >= 0.6 is 0 Å². The minimum Gasteiger partial charge on any atom is -0.497 e. The summed E-state index contributed by atoms with van der Waals surface area (Å²) in [6.45, 7) is -0.0974. The van der Waals surface area contributed by atoms with E-state index < -0.39 is 17.9 Å². The first-order chi connectivity index (χ1) is 17.5. The second kappa shape index (κ2) is 12.1. The first-order valence-corrected chi connectivity index (χ1v) is 12.1. The van der Waals surface area contributed by atoms with Crippen LogP contribution in [0.15, 0.2) is 77.4 Å². The van der Waals surface area contributed by atoms with Gasteiger partial charge in [-0.1, -0.05) is 55.3 Å². The SMILES string of the molecule is COc1cccc([C@@H](C(=O)NC2CCCC2)N(Cc2ccccc2)C(=O)CNC(=O)c2ccco2)c1. The number of rotatable bonds is 10. The average molecular weight is 490 g/mol. The van der Waals surface area contributed by atoms with Crippen molar-refractivity contribution < 1.29 is 23.5 Å². The zero-order chi connectivity index (χ0) is 25.3. The van der Waals surface area contributed by atoms with E-state index in [1.54, 1.807) is 31.4 Å². The Morgan fingerprint density at radius 3 is 2.50 bits per heavy atom. The van der Waals surface area contributed by atoms with Crippen molar-refractivity contribution in [3.63, 3.8) is 0 Å². The normalized spacial score (nSPS) is 14.1. The number of furan rings is 1. The van der Waals surface area contributed by atoms with Crippen LogP contribution in [-0.2, 0) is 16.1 Å². The van der Waals surface area contributed by atoms with E-state index in [0.717, 1.165) is 31.2 Å². The smallest absolute Gasteiger partial charge is 0.287 e. The van der Waals surface area contributed by atoms with Crippen molar-refractivity contribution in [1.29, 1.82) is 0 Å². The molecule has 0 unspecified atom stereocenters. The zero-order valence-electron chi connectivity index (χ0n) is 20.3. The molecule has 0 saturated heterocycles. The van der Waals surface area contributed by atoms with Crippen molar-refractivity contribution in [1.82, 2.24) is 15.5 Å². The topological polar surface area (TPSA) is 101 Å². The van der Waals surface area contributed by atoms with Crippen LogP contribution in [-0.4, -0.2) is 42.3 Å². The highest BCUT2D eigenvalue weighted by atomic mass is 16.5. The van der Waals surface area contributed by atoms with Gasteiger partial charge in [-0.15, -0.1) is 0 Å². The Balaban J connectivity index is 1.65. The summed E-state index contributed by atoms with van der Waals surface area (Å²) < 4.78 is 10.5. The third kappa shape index (κ3) is 6.33. The number of methoxy groups -OCH3 is 1. The van der Waals surface area contributed by atoms with Gasteiger partial charge >= 0.3 is 0 Å². The first-order valence-electron chi connectivity index (χ1n) is 12.1. The number of hydrogen-bond acceptors (Lipinski definition) is 5. The molecular formula is C28H31N3O5. The fourth-order valence-corrected chi connectivity index (χ4v) is 4.49. The Morgan fingerprint density at radius 1 is 1.03 bits per heavy atom. The molecule has 36 heavy (non-hydrogen) atoms. The molecule has 2 aromatic carbocycles. The van der Waals surface area contributed by atoms with Crippen molar-refractivity contribution in [2.24, 2.45) is 0 Å². The highest BCUT2D eigenvalue weighted by Gasteiger charge is 2.33. The van der Waals surface area contributed by atoms with Gasteiger partial charge in [0.2, 0.25) is 11.8 Å². The standard InChI is InChI=1S/C28H31N3O5/c1-35-23-14-7-11-21(17-23)26(28(34)30-22-12-5-6-13-22)31(19-20-9-3-2-4-10-20)25(32)18-29-27(33)24-15-8-16-36-24/h2-4,7-11,14-17,22,26H,5-6,12-13,18-19H2,1H3,(H,29,33)(H,30,34)/t26-/m0/s1. The molecule has 1 aliphatic carbocycles. The summed E-state index contributed by atoms with van der Waals surface area (Å²) in [6.07, 6.45) is 5.37. The van der Waals surface area contributed by atoms with Crippen LogP contribution in [0, 0.1) is 0 Å². The average Bonchev–Trinajstić information content (AvgIpc) is 3.62. The van der Waals surface area contributed by atoms with E-state index in [0.29, 0.717) is 11.3 Å². The van der Waals surface area contributed by atoms with Crippen LogP contribution < -0.4 is 15.4 Å². The lowest BCUT2D eigenvalue weighted by atomic mass is 10.0. The molecule has 8 nitrogen and oxygen atoms in total. The fraction of sp³-hybridized carbons (Fsp3) is 0.321. The molecule has 1 atom stereocenters. The molecule has 3 amide bonds. The van der Waals surface area contributed by atoms with Gasteiger partial charge in [-0.25, -0.2) is 0 Å². The summed E-state index contributed by atoms with van der Waals surface area (Å²) in [6, 6.07) is 18.9. The molecule has 2 N–H and O–H groups in total. The van der Waals surface area contributed by atoms with E-state index in [-0.39, 0.29) is 30.8 Å². The number of ether oxygens (including phenoxy) is 1. The van der Waals surface area contributed by atoms with E-state index in [1.165, 1.54) is 17.2 Å². The first kappa shape index (κ1) is 25.0. The van der Waals surface area contributed by atoms with Gasteiger partial charge in [-0.05, 0) is 48.2 Å². The summed E-state index contributed by atoms with van der Waals surface area (Å²) in [5.41, 5.74) is 1.50. The van der Waals surface area contributed by atoms with Crippen molar-refractivity contribution in [3.05, 3.63) is 89.9 Å². The van der Waals surface area contributed by atoms with E-state index in [4.69, 9.17) is 9.15 Å². The zero-order valence-corrected chi connectivity index (χ0v) is 20.3. The molecule has 0 spiro atoms. The second-order valence-electron chi connectivity index (χ2n) is 8.84. The van der Waals surface area contributed by atoms with Crippen molar-refractivity contribution in [3.8, 4) is 5.75 Å². The van der Waals surface area contributed by atoms with Gasteiger partial charge in [-0.3, -0.25) is 14.4 Å². The van der Waals surface area contributed by atoms with Gasteiger partial charge in [0.25, 0.3) is 5.91 Å². The molecule has 188 valence electrons. The van der Waals surface area contributed by atoms with Gasteiger partial charge in [0, 0.05) is 12.6 Å². The predicted molar refractivity (Wildman–Crippen MR) is 134 cm³/mol. The molecular weight excluding hydrogens is 458 g/mol. The number of nitrogens with one attached hydrogen (secondary N) is 2. The molecule has 1 aliphatic rings. The van der Waals surface area contributed by atoms with E-state index in [9.17, 15) is 14.4 Å². The summed E-state index contributed by atoms with van der Waals surface area (Å²) in [5, 5.41) is 5.76. The molecule has 1 aromatic heterocycles. The number of benzene rings is 2. The lowest BCUT2D eigenvalue weighted by Gasteiger charge is -2.32. The van der Waals surface area contributed by atoms with E-state index in [2.05, 4.69) is 10.6 Å². The number of carbonyl (C=O) groups is 3. The lowest BCUT2D eigenvalue weighted by Crippen LogP contribution is -2.48. The highest BCUT2D eigenvalue weighted by molar-refractivity contribution is 5.95. The lowest BCUT2D eigenvalue weighted by molar-refractivity contribution is -0.141. The highest BCUT2D eigenvalue weighted by Crippen LogP contribution is 2.28. The maximum atomic E-state index is 13.7. The Bertz CT molecular complexity index is 1160. The molecule has 0 bridgehead atoms. The minimum atomic E-state index is -0.908. The summed E-state index contributed by atoms with van der Waals surface area (Å²) in [7, 11) is 1.56. The van der Waals surface area contributed by atoms with Crippen LogP contribution in [0.25, 0.3) is 0 Å². The maximum Gasteiger partial charge on any atom is 0.287 e. The largest absolute Gasteiger partial charge is 0.497 e.